The van der Waals surface area contributed by atoms with Crippen LogP contribution in [0.3, 0.4) is 0 Å². The molecule has 0 bridgehead atoms. The van der Waals surface area contributed by atoms with Gasteiger partial charge in [0, 0.05) is 46.9 Å². The number of carbonyl (C=O) groups excluding carboxylic acids is 2. The predicted octanol–water partition coefficient (Wildman–Crippen LogP) is 17.7. The first-order valence-corrected chi connectivity index (χ1v) is 29.6. The molecule has 0 aliphatic heterocycles. The van der Waals surface area contributed by atoms with Crippen molar-refractivity contribution in [2.75, 3.05) is 73.7 Å². The molecule has 1 N–H and O–H groups in total. The number of hydrogen-bond acceptors (Lipinski definition) is 10. The van der Waals surface area contributed by atoms with Crippen LogP contribution in [0, 0.1) is 0 Å². The summed E-state index contributed by atoms with van der Waals surface area (Å²) in [7, 11) is 3.30. The molecule has 0 aliphatic rings. The van der Waals surface area contributed by atoms with Gasteiger partial charge in [0.2, 0.25) is 0 Å². The molecule has 2 atom stereocenters. The van der Waals surface area contributed by atoms with E-state index >= 15 is 0 Å². The van der Waals surface area contributed by atoms with E-state index in [2.05, 4.69) is 20.8 Å². The second-order valence-electron chi connectivity index (χ2n) is 19.3. The number of rotatable bonds is 54. The number of carbonyl (C=O) groups is 2. The average Bonchev–Trinajstić information content (AvgIpc) is 3.34. The molecule has 0 aromatic rings. The van der Waals surface area contributed by atoms with Crippen LogP contribution in [-0.4, -0.2) is 103 Å². The van der Waals surface area contributed by atoms with Crippen molar-refractivity contribution in [3.05, 3.63) is 0 Å². The third-order valence-corrected chi connectivity index (χ3v) is 12.3. The summed E-state index contributed by atoms with van der Waals surface area (Å²) in [5.41, 5.74) is 0. The molecule has 0 aliphatic carbocycles. The minimum absolute atomic E-state index is 0. The fourth-order valence-corrected chi connectivity index (χ4v) is 8.12. The first kappa shape index (κ1) is 78.6. The zero-order chi connectivity index (χ0) is 51.2. The van der Waals surface area contributed by atoms with Crippen LogP contribution in [0.4, 0.5) is 0 Å². The van der Waals surface area contributed by atoms with E-state index in [9.17, 15) is 14.7 Å². The summed E-state index contributed by atoms with van der Waals surface area (Å²) in [5.74, 6) is -0.135. The molecule has 0 saturated carbocycles. The fourth-order valence-electron chi connectivity index (χ4n) is 8.12. The second-order valence-corrected chi connectivity index (χ2v) is 19.3. The zero-order valence-electron chi connectivity index (χ0n) is 47.2. The number of aliphatic hydroxyl groups excluding tert-OH is 1. The molecule has 0 saturated heterocycles. The van der Waals surface area contributed by atoms with Crippen LogP contribution in [0.1, 0.15) is 300 Å². The van der Waals surface area contributed by atoms with E-state index < -0.39 is 6.10 Å². The van der Waals surface area contributed by atoms with Crippen LogP contribution < -0.4 is 0 Å². The topological polar surface area (TPSA) is 119 Å². The number of aliphatic hydroxyl groups is 1. The third kappa shape index (κ3) is 75.3. The molecule has 432 valence electrons. The number of unbranched alkanes of at least 4 members (excludes halogenated alkanes) is 33. The highest BCUT2D eigenvalue weighted by Gasteiger charge is 2.10. The van der Waals surface area contributed by atoms with Crippen LogP contribution >= 0.6 is 0 Å². The summed E-state index contributed by atoms with van der Waals surface area (Å²) in [4.78, 5) is 22.2. The normalized spacial score (nSPS) is 11.6. The molecule has 71 heavy (non-hydrogen) atoms. The van der Waals surface area contributed by atoms with Gasteiger partial charge in [-0.25, -0.2) is 0 Å². The van der Waals surface area contributed by atoms with Crippen molar-refractivity contribution in [3.8, 4) is 0 Å². The molecule has 0 spiro atoms. The fraction of sp³-hybridized carbons (Fsp3) is 0.967. The maximum atomic E-state index is 11.3. The number of hydrogen-bond donors (Lipinski definition) is 1. The number of ether oxygens (including phenoxy) is 7. The Labute approximate surface area is 444 Å². The Morgan fingerprint density at radius 1 is 0.352 bits per heavy atom. The van der Waals surface area contributed by atoms with E-state index in [0.717, 1.165) is 71.2 Å². The van der Waals surface area contributed by atoms with Crippen molar-refractivity contribution in [2.24, 2.45) is 0 Å². The molecule has 2 unspecified atom stereocenters. The van der Waals surface area contributed by atoms with Crippen LogP contribution in [-0.2, 0) is 42.7 Å². The summed E-state index contributed by atoms with van der Waals surface area (Å²) in [6.45, 7) is 15.6. The van der Waals surface area contributed by atoms with Gasteiger partial charge in [-0.2, -0.15) is 0 Å². The maximum Gasteiger partial charge on any atom is 0.305 e. The van der Waals surface area contributed by atoms with E-state index in [4.69, 9.17) is 33.2 Å². The van der Waals surface area contributed by atoms with Crippen molar-refractivity contribution in [1.82, 2.24) is 0 Å². The molecule has 0 aromatic carbocycles. The van der Waals surface area contributed by atoms with Crippen molar-refractivity contribution < 1.29 is 47.9 Å². The van der Waals surface area contributed by atoms with Gasteiger partial charge < -0.3 is 38.3 Å². The molecule has 10 heteroatoms. The SMILES string of the molecule is C.C.CCCCCCCC(=O)OCC.CCCCCCCCCCCCCCCCOCC(COC)OCCCCCCC(=O)OCC.CCCCCCCCCCCCCCCCOCC(O)COC. The molecule has 0 radical (unpaired) electrons. The Kier molecular flexibility index (Phi) is 80.7. The van der Waals surface area contributed by atoms with Gasteiger partial charge in [0.05, 0.1) is 39.6 Å². The highest BCUT2D eigenvalue weighted by atomic mass is 16.6. The molecule has 0 aromatic heterocycles. The molecule has 0 amide bonds. The minimum atomic E-state index is -0.480. The van der Waals surface area contributed by atoms with Crippen molar-refractivity contribution in [1.29, 1.82) is 0 Å². The number of esters is 2. The lowest BCUT2D eigenvalue weighted by Crippen LogP contribution is -2.26. The largest absolute Gasteiger partial charge is 0.466 e. The van der Waals surface area contributed by atoms with Crippen LogP contribution in [0.25, 0.3) is 0 Å². The lowest BCUT2D eigenvalue weighted by atomic mass is 10.0. The monoisotopic (exact) mass is 1020 g/mol. The Morgan fingerprint density at radius 2 is 0.634 bits per heavy atom. The molecule has 0 fully saturated rings. The molecular weight excluding hydrogens is 893 g/mol. The average molecular weight is 1020 g/mol. The van der Waals surface area contributed by atoms with Crippen molar-refractivity contribution in [3.63, 3.8) is 0 Å². The van der Waals surface area contributed by atoms with Crippen LogP contribution in [0.2, 0.25) is 0 Å². The summed E-state index contributed by atoms with van der Waals surface area (Å²) in [6.07, 6.45) is 49.0. The van der Waals surface area contributed by atoms with Crippen molar-refractivity contribution in [2.45, 2.75) is 312 Å². The highest BCUT2D eigenvalue weighted by Crippen LogP contribution is 2.15. The van der Waals surface area contributed by atoms with Crippen LogP contribution in [0.5, 0.6) is 0 Å². The Hall–Kier alpha value is -1.30. The Morgan fingerprint density at radius 3 is 0.944 bits per heavy atom. The first-order valence-electron chi connectivity index (χ1n) is 29.6. The van der Waals surface area contributed by atoms with Crippen molar-refractivity contribution >= 4 is 11.9 Å². The maximum absolute atomic E-state index is 11.3. The zero-order valence-corrected chi connectivity index (χ0v) is 47.2. The minimum Gasteiger partial charge on any atom is -0.466 e. The van der Waals surface area contributed by atoms with Gasteiger partial charge in [0.15, 0.2) is 0 Å². The quantitative estimate of drug-likeness (QED) is 0.0466. The Balaban J connectivity index is -0.000000338. The second kappa shape index (κ2) is 72.9. The molecular formula is C61H128O10. The first-order chi connectivity index (χ1) is 33.9. The van der Waals surface area contributed by atoms with E-state index in [1.54, 1.807) is 14.2 Å². The highest BCUT2D eigenvalue weighted by molar-refractivity contribution is 5.69. The van der Waals surface area contributed by atoms with E-state index in [1.165, 1.54) is 186 Å². The van der Waals surface area contributed by atoms with Gasteiger partial charge in [-0.05, 0) is 46.0 Å². The summed E-state index contributed by atoms with van der Waals surface area (Å²) >= 11 is 0. The Bertz CT molecular complexity index is 937. The standard InChI is InChI=1S/C29H58O5.C20H42O3.C10H20O2.2CH4/c1-4-6-7-8-9-10-11-12-13-14-15-16-18-21-24-32-27-28(26-31-3)34-25-22-19-17-20-23-29(30)33-5-2;1-3-4-5-6-7-8-9-10-11-12-13-14-15-16-17-23-19-20(21)18-22-2;1-3-5-6-7-8-9-10(11)12-4-2;;/h28H,4-27H2,1-3H3;20-21H,3-19H2,1-2H3;3-9H2,1-2H3;2*1H4. The lowest BCUT2D eigenvalue weighted by Gasteiger charge is -2.17. The van der Waals surface area contributed by atoms with E-state index in [-0.39, 0.29) is 32.9 Å². The van der Waals surface area contributed by atoms with Gasteiger partial charge in [0.25, 0.3) is 0 Å². The lowest BCUT2D eigenvalue weighted by molar-refractivity contribution is -0.144. The van der Waals surface area contributed by atoms with E-state index in [0.29, 0.717) is 52.5 Å². The van der Waals surface area contributed by atoms with Gasteiger partial charge in [-0.1, -0.05) is 241 Å². The van der Waals surface area contributed by atoms with Gasteiger partial charge in [0.1, 0.15) is 12.2 Å². The van der Waals surface area contributed by atoms with Gasteiger partial charge in [-0.3, -0.25) is 9.59 Å². The smallest absolute Gasteiger partial charge is 0.305 e. The predicted molar refractivity (Wildman–Crippen MR) is 305 cm³/mol. The third-order valence-electron chi connectivity index (χ3n) is 12.3. The van der Waals surface area contributed by atoms with Gasteiger partial charge in [-0.15, -0.1) is 0 Å². The van der Waals surface area contributed by atoms with Crippen LogP contribution in [0.15, 0.2) is 0 Å². The summed E-state index contributed by atoms with van der Waals surface area (Å²) < 4.78 is 37.1. The summed E-state index contributed by atoms with van der Waals surface area (Å²) in [6, 6.07) is 0. The molecule has 0 heterocycles. The number of methoxy groups -OCH3 is 2. The van der Waals surface area contributed by atoms with Gasteiger partial charge >= 0.3 is 11.9 Å². The van der Waals surface area contributed by atoms with E-state index in [1.807, 2.05) is 13.8 Å². The molecule has 0 rings (SSSR count). The molecule has 10 nitrogen and oxygen atoms in total. The summed E-state index contributed by atoms with van der Waals surface area (Å²) in [5, 5.41) is 9.41.